The summed E-state index contributed by atoms with van der Waals surface area (Å²) in [6.45, 7) is 3.86. The lowest BCUT2D eigenvalue weighted by molar-refractivity contribution is 0.639. The normalized spacial score (nSPS) is 15.4. The Balaban J connectivity index is 1.63. The molecule has 0 radical (unpaired) electrons. The molecule has 0 bridgehead atoms. The van der Waals surface area contributed by atoms with Gasteiger partial charge in [0, 0.05) is 49.8 Å². The smallest absolute Gasteiger partial charge is 0.225 e. The van der Waals surface area contributed by atoms with Crippen LogP contribution in [0.3, 0.4) is 0 Å². The molecule has 104 valence electrons. The third-order valence-corrected chi connectivity index (χ3v) is 3.84. The highest BCUT2D eigenvalue weighted by atomic mass is 35.5. The molecule has 4 nitrogen and oxygen atoms in total. The molecule has 0 aliphatic carbocycles. The molecule has 0 amide bonds. The van der Waals surface area contributed by atoms with Gasteiger partial charge in [0.1, 0.15) is 0 Å². The Morgan fingerprint density at radius 3 is 2.10 bits per heavy atom. The molecule has 3 rings (SSSR count). The van der Waals surface area contributed by atoms with Crippen molar-refractivity contribution in [2.24, 2.45) is 0 Å². The first kappa shape index (κ1) is 13.2. The van der Waals surface area contributed by atoms with Gasteiger partial charge < -0.3 is 9.80 Å². The van der Waals surface area contributed by atoms with E-state index in [9.17, 15) is 0 Å². The van der Waals surface area contributed by atoms with Gasteiger partial charge in [0.05, 0.1) is 5.88 Å². The average Bonchev–Trinajstić information content (AvgIpc) is 2.56. The van der Waals surface area contributed by atoms with Crippen LogP contribution in [0, 0.1) is 0 Å². The maximum absolute atomic E-state index is 5.75. The fourth-order valence-electron chi connectivity index (χ4n) is 2.38. The lowest BCUT2D eigenvalue weighted by Gasteiger charge is -2.36. The molecular weight excluding hydrogens is 272 g/mol. The summed E-state index contributed by atoms with van der Waals surface area (Å²) in [7, 11) is 0. The minimum absolute atomic E-state index is 0.460. The summed E-state index contributed by atoms with van der Waals surface area (Å²) in [6, 6.07) is 10.5. The van der Waals surface area contributed by atoms with Crippen molar-refractivity contribution >= 4 is 23.2 Å². The third kappa shape index (κ3) is 2.85. The Hall–Kier alpha value is -1.81. The zero-order valence-electron chi connectivity index (χ0n) is 11.2. The molecule has 2 heterocycles. The van der Waals surface area contributed by atoms with E-state index in [-0.39, 0.29) is 0 Å². The Bertz CT molecular complexity index is 536. The number of piperazine rings is 1. The summed E-state index contributed by atoms with van der Waals surface area (Å²) in [5, 5.41) is 0. The van der Waals surface area contributed by atoms with Crippen molar-refractivity contribution in [3.05, 3.63) is 48.3 Å². The lowest BCUT2D eigenvalue weighted by Crippen LogP contribution is -2.47. The highest BCUT2D eigenvalue weighted by Crippen LogP contribution is 2.17. The van der Waals surface area contributed by atoms with E-state index in [0.29, 0.717) is 5.88 Å². The summed E-state index contributed by atoms with van der Waals surface area (Å²) in [4.78, 5) is 13.4. The van der Waals surface area contributed by atoms with Gasteiger partial charge >= 0.3 is 0 Å². The van der Waals surface area contributed by atoms with E-state index in [1.165, 1.54) is 5.69 Å². The monoisotopic (exact) mass is 288 g/mol. The Labute approximate surface area is 124 Å². The molecule has 1 fully saturated rings. The summed E-state index contributed by atoms with van der Waals surface area (Å²) < 4.78 is 0. The number of alkyl halides is 1. The fourth-order valence-corrected chi connectivity index (χ4v) is 2.52. The molecular formula is C15H17ClN4. The number of aromatic nitrogens is 2. The summed E-state index contributed by atoms with van der Waals surface area (Å²) in [6.07, 6.45) is 3.61. The topological polar surface area (TPSA) is 32.3 Å². The number of hydrogen-bond donors (Lipinski definition) is 0. The highest BCUT2D eigenvalue weighted by Gasteiger charge is 2.18. The van der Waals surface area contributed by atoms with Crippen LogP contribution in [-0.2, 0) is 5.88 Å². The number of anilines is 2. The maximum Gasteiger partial charge on any atom is 0.225 e. The first-order chi connectivity index (χ1) is 9.86. The lowest BCUT2D eigenvalue weighted by atomic mass is 10.2. The largest absolute Gasteiger partial charge is 0.368 e. The second kappa shape index (κ2) is 6.09. The minimum Gasteiger partial charge on any atom is -0.368 e. The first-order valence-corrected chi connectivity index (χ1v) is 7.32. The van der Waals surface area contributed by atoms with Crippen LogP contribution in [-0.4, -0.2) is 36.1 Å². The number of benzene rings is 1. The van der Waals surface area contributed by atoms with Crippen molar-refractivity contribution < 1.29 is 0 Å². The number of halogens is 1. The zero-order valence-corrected chi connectivity index (χ0v) is 12.0. The quantitative estimate of drug-likeness (QED) is 0.813. The van der Waals surface area contributed by atoms with Crippen LogP contribution >= 0.6 is 11.6 Å². The molecule has 0 unspecified atom stereocenters. The van der Waals surface area contributed by atoms with Gasteiger partial charge in [-0.1, -0.05) is 18.2 Å². The molecule has 2 aromatic rings. The van der Waals surface area contributed by atoms with E-state index in [0.717, 1.165) is 37.7 Å². The summed E-state index contributed by atoms with van der Waals surface area (Å²) in [5.41, 5.74) is 2.24. The van der Waals surface area contributed by atoms with Gasteiger partial charge in [-0.25, -0.2) is 9.97 Å². The van der Waals surface area contributed by atoms with Crippen molar-refractivity contribution in [1.29, 1.82) is 0 Å². The van der Waals surface area contributed by atoms with Crippen LogP contribution < -0.4 is 9.80 Å². The highest BCUT2D eigenvalue weighted by molar-refractivity contribution is 6.17. The summed E-state index contributed by atoms with van der Waals surface area (Å²) in [5.74, 6) is 1.26. The van der Waals surface area contributed by atoms with Gasteiger partial charge in [-0.3, -0.25) is 0 Å². The van der Waals surface area contributed by atoms with E-state index in [1.54, 1.807) is 12.4 Å². The van der Waals surface area contributed by atoms with E-state index in [2.05, 4.69) is 44.0 Å². The predicted molar refractivity (Wildman–Crippen MR) is 82.5 cm³/mol. The molecule has 20 heavy (non-hydrogen) atoms. The van der Waals surface area contributed by atoms with Gasteiger partial charge in [0.25, 0.3) is 0 Å². The molecule has 1 aromatic heterocycles. The van der Waals surface area contributed by atoms with Crippen LogP contribution in [0.25, 0.3) is 0 Å². The van der Waals surface area contributed by atoms with Gasteiger partial charge in [-0.15, -0.1) is 11.6 Å². The molecule has 1 aromatic carbocycles. The zero-order chi connectivity index (χ0) is 13.8. The van der Waals surface area contributed by atoms with Crippen LogP contribution in [0.1, 0.15) is 5.56 Å². The fraction of sp³-hybridized carbons (Fsp3) is 0.333. The predicted octanol–water partition coefficient (Wildman–Crippen LogP) is 2.54. The SMILES string of the molecule is ClCc1cnc(N2CCN(c3ccccc3)CC2)nc1. The first-order valence-electron chi connectivity index (χ1n) is 6.78. The number of para-hydroxylation sites is 1. The molecule has 1 aliphatic heterocycles. The van der Waals surface area contributed by atoms with Crippen LogP contribution in [0.4, 0.5) is 11.6 Å². The Morgan fingerprint density at radius 2 is 1.50 bits per heavy atom. The molecule has 5 heteroatoms. The average molecular weight is 289 g/mol. The molecule has 0 N–H and O–H groups in total. The van der Waals surface area contributed by atoms with E-state index >= 15 is 0 Å². The van der Waals surface area contributed by atoms with Crippen molar-refractivity contribution in [2.45, 2.75) is 5.88 Å². The van der Waals surface area contributed by atoms with Gasteiger partial charge in [0.2, 0.25) is 5.95 Å². The molecule has 0 saturated carbocycles. The van der Waals surface area contributed by atoms with Crippen molar-refractivity contribution in [2.75, 3.05) is 36.0 Å². The second-order valence-electron chi connectivity index (χ2n) is 4.83. The molecule has 1 aliphatic rings. The number of hydrogen-bond acceptors (Lipinski definition) is 4. The van der Waals surface area contributed by atoms with Crippen molar-refractivity contribution in [3.63, 3.8) is 0 Å². The van der Waals surface area contributed by atoms with Gasteiger partial charge in [-0.2, -0.15) is 0 Å². The molecule has 0 spiro atoms. The van der Waals surface area contributed by atoms with E-state index in [4.69, 9.17) is 11.6 Å². The van der Waals surface area contributed by atoms with Crippen molar-refractivity contribution in [3.8, 4) is 0 Å². The second-order valence-corrected chi connectivity index (χ2v) is 5.10. The van der Waals surface area contributed by atoms with E-state index < -0.39 is 0 Å². The Morgan fingerprint density at radius 1 is 0.900 bits per heavy atom. The minimum atomic E-state index is 0.460. The number of nitrogens with zero attached hydrogens (tertiary/aromatic N) is 4. The van der Waals surface area contributed by atoms with Gasteiger partial charge in [0.15, 0.2) is 0 Å². The summed E-state index contributed by atoms with van der Waals surface area (Å²) >= 11 is 5.75. The van der Waals surface area contributed by atoms with Crippen LogP contribution in [0.5, 0.6) is 0 Å². The van der Waals surface area contributed by atoms with Crippen LogP contribution in [0.15, 0.2) is 42.7 Å². The Kier molecular flexibility index (Phi) is 4.02. The van der Waals surface area contributed by atoms with Gasteiger partial charge in [-0.05, 0) is 12.1 Å². The number of rotatable bonds is 3. The maximum atomic E-state index is 5.75. The van der Waals surface area contributed by atoms with Crippen molar-refractivity contribution in [1.82, 2.24) is 9.97 Å². The molecule has 0 atom stereocenters. The molecule has 1 saturated heterocycles. The van der Waals surface area contributed by atoms with Crippen LogP contribution in [0.2, 0.25) is 0 Å². The standard InChI is InChI=1S/C15H17ClN4/c16-10-13-11-17-15(18-12-13)20-8-6-19(7-9-20)14-4-2-1-3-5-14/h1-5,11-12H,6-10H2. The van der Waals surface area contributed by atoms with E-state index in [1.807, 2.05) is 6.07 Å². The third-order valence-electron chi connectivity index (χ3n) is 3.53.